The fraction of sp³-hybridized carbons (Fsp3) is 0.462. The molecule has 0 aliphatic heterocycles. The van der Waals surface area contributed by atoms with Crippen molar-refractivity contribution >= 4 is 5.78 Å². The van der Waals surface area contributed by atoms with Crippen molar-refractivity contribution in [1.82, 2.24) is 19.6 Å². The Morgan fingerprint density at radius 2 is 2.11 bits per heavy atom. The Balaban J connectivity index is 2.03. The molecule has 0 N–H and O–H groups in total. The number of carbonyl (C=O) groups excluding carboxylic acids is 1. The summed E-state index contributed by atoms with van der Waals surface area (Å²) in [6.45, 7) is 2.03. The van der Waals surface area contributed by atoms with Crippen LogP contribution in [-0.4, -0.2) is 25.3 Å². The van der Waals surface area contributed by atoms with E-state index in [0.29, 0.717) is 18.5 Å². The van der Waals surface area contributed by atoms with Gasteiger partial charge >= 0.3 is 0 Å². The van der Waals surface area contributed by atoms with Gasteiger partial charge in [-0.05, 0) is 25.0 Å². The highest BCUT2D eigenvalue weighted by Gasteiger charge is 2.13. The predicted octanol–water partition coefficient (Wildman–Crippen LogP) is 1.53. The summed E-state index contributed by atoms with van der Waals surface area (Å²) in [4.78, 5) is 12.1. The molecule has 2 aromatic heterocycles. The zero-order valence-electron chi connectivity index (χ0n) is 11.1. The van der Waals surface area contributed by atoms with Crippen LogP contribution in [0.5, 0.6) is 0 Å². The molecule has 2 aromatic rings. The van der Waals surface area contributed by atoms with Gasteiger partial charge in [0.1, 0.15) is 5.69 Å². The standard InChI is InChI=1S/C13H18N4O/c1-4-10-9-12(17(3)15-10)13(18)6-5-11-7-8-14-16(11)2/h7-9H,4-6H2,1-3H3. The molecule has 0 spiro atoms. The third-order valence-electron chi connectivity index (χ3n) is 3.11. The van der Waals surface area contributed by atoms with Gasteiger partial charge in [-0.3, -0.25) is 14.2 Å². The lowest BCUT2D eigenvalue weighted by Crippen LogP contribution is -2.09. The Kier molecular flexibility index (Phi) is 3.60. The van der Waals surface area contributed by atoms with Crippen molar-refractivity contribution in [2.24, 2.45) is 14.1 Å². The maximum Gasteiger partial charge on any atom is 0.181 e. The number of Topliss-reactive ketones (excluding diaryl/α,β-unsaturated/α-hetero) is 1. The Labute approximate surface area is 106 Å². The van der Waals surface area contributed by atoms with Crippen molar-refractivity contribution in [3.8, 4) is 0 Å². The first-order valence-corrected chi connectivity index (χ1v) is 6.14. The topological polar surface area (TPSA) is 52.7 Å². The van der Waals surface area contributed by atoms with Gasteiger partial charge in [-0.1, -0.05) is 6.92 Å². The molecule has 0 amide bonds. The van der Waals surface area contributed by atoms with Crippen LogP contribution < -0.4 is 0 Å². The van der Waals surface area contributed by atoms with Gasteiger partial charge in [-0.2, -0.15) is 10.2 Å². The molecule has 0 atom stereocenters. The summed E-state index contributed by atoms with van der Waals surface area (Å²) < 4.78 is 3.47. The van der Waals surface area contributed by atoms with E-state index in [1.165, 1.54) is 0 Å². The van der Waals surface area contributed by atoms with Crippen molar-refractivity contribution in [2.75, 3.05) is 0 Å². The number of carbonyl (C=O) groups is 1. The second-order valence-corrected chi connectivity index (χ2v) is 4.37. The number of hydrogen-bond acceptors (Lipinski definition) is 3. The Morgan fingerprint density at radius 3 is 2.67 bits per heavy atom. The molecular weight excluding hydrogens is 228 g/mol. The molecule has 0 saturated heterocycles. The van der Waals surface area contributed by atoms with Gasteiger partial charge in [0.2, 0.25) is 0 Å². The number of ketones is 1. The summed E-state index contributed by atoms with van der Waals surface area (Å²) in [6.07, 6.45) is 3.80. The lowest BCUT2D eigenvalue weighted by molar-refractivity contribution is 0.0973. The van der Waals surface area contributed by atoms with Crippen molar-refractivity contribution in [3.05, 3.63) is 35.4 Å². The maximum atomic E-state index is 12.1. The lowest BCUT2D eigenvalue weighted by Gasteiger charge is -2.02. The largest absolute Gasteiger partial charge is 0.292 e. The van der Waals surface area contributed by atoms with Gasteiger partial charge in [0.15, 0.2) is 5.78 Å². The summed E-state index contributed by atoms with van der Waals surface area (Å²) in [5.41, 5.74) is 2.72. The van der Waals surface area contributed by atoms with Crippen LogP contribution in [-0.2, 0) is 26.9 Å². The zero-order chi connectivity index (χ0) is 13.1. The number of aromatic nitrogens is 4. The summed E-state index contributed by atoms with van der Waals surface area (Å²) in [7, 11) is 3.70. The second-order valence-electron chi connectivity index (χ2n) is 4.37. The third kappa shape index (κ3) is 2.50. The first-order valence-electron chi connectivity index (χ1n) is 6.14. The molecule has 5 nitrogen and oxygen atoms in total. The quantitative estimate of drug-likeness (QED) is 0.752. The van der Waals surface area contributed by atoms with Gasteiger partial charge in [-0.25, -0.2) is 0 Å². The van der Waals surface area contributed by atoms with Gasteiger partial charge < -0.3 is 0 Å². The monoisotopic (exact) mass is 246 g/mol. The second kappa shape index (κ2) is 5.16. The smallest absolute Gasteiger partial charge is 0.181 e. The summed E-state index contributed by atoms with van der Waals surface area (Å²) in [6, 6.07) is 3.82. The van der Waals surface area contributed by atoms with Crippen LogP contribution >= 0.6 is 0 Å². The zero-order valence-corrected chi connectivity index (χ0v) is 11.1. The normalized spacial score (nSPS) is 10.8. The van der Waals surface area contributed by atoms with E-state index in [-0.39, 0.29) is 5.78 Å². The number of hydrogen-bond donors (Lipinski definition) is 0. The van der Waals surface area contributed by atoms with Crippen molar-refractivity contribution in [2.45, 2.75) is 26.2 Å². The Hall–Kier alpha value is -1.91. The number of nitrogens with zero attached hydrogens (tertiary/aromatic N) is 4. The van der Waals surface area contributed by atoms with E-state index < -0.39 is 0 Å². The van der Waals surface area contributed by atoms with E-state index in [2.05, 4.69) is 10.2 Å². The molecule has 0 saturated carbocycles. The Bertz CT molecular complexity index is 553. The van der Waals surface area contributed by atoms with E-state index in [9.17, 15) is 4.79 Å². The predicted molar refractivity (Wildman–Crippen MR) is 68.4 cm³/mol. The van der Waals surface area contributed by atoms with Crippen LogP contribution in [0.2, 0.25) is 0 Å². The minimum Gasteiger partial charge on any atom is -0.292 e. The molecule has 2 heterocycles. The van der Waals surface area contributed by atoms with Crippen LogP contribution in [0.15, 0.2) is 18.3 Å². The molecule has 0 bridgehead atoms. The first-order chi connectivity index (χ1) is 8.61. The van der Waals surface area contributed by atoms with Crippen LogP contribution in [0.4, 0.5) is 0 Å². The molecule has 0 unspecified atom stereocenters. The van der Waals surface area contributed by atoms with E-state index in [1.807, 2.05) is 33.2 Å². The summed E-state index contributed by atoms with van der Waals surface area (Å²) >= 11 is 0. The van der Waals surface area contributed by atoms with E-state index in [0.717, 1.165) is 17.8 Å². The molecule has 2 rings (SSSR count). The molecule has 0 fully saturated rings. The van der Waals surface area contributed by atoms with Gasteiger partial charge in [-0.15, -0.1) is 0 Å². The fourth-order valence-electron chi connectivity index (χ4n) is 1.98. The van der Waals surface area contributed by atoms with Crippen molar-refractivity contribution in [3.63, 3.8) is 0 Å². The maximum absolute atomic E-state index is 12.1. The molecule has 5 heteroatoms. The highest BCUT2D eigenvalue weighted by Crippen LogP contribution is 2.09. The van der Waals surface area contributed by atoms with Crippen LogP contribution in [0.3, 0.4) is 0 Å². The van der Waals surface area contributed by atoms with E-state index >= 15 is 0 Å². The van der Waals surface area contributed by atoms with Crippen molar-refractivity contribution < 1.29 is 4.79 Å². The van der Waals surface area contributed by atoms with Crippen LogP contribution in [0.25, 0.3) is 0 Å². The Morgan fingerprint density at radius 1 is 1.33 bits per heavy atom. The highest BCUT2D eigenvalue weighted by molar-refractivity contribution is 5.94. The SMILES string of the molecule is CCc1cc(C(=O)CCc2ccnn2C)n(C)n1. The number of rotatable bonds is 5. The van der Waals surface area contributed by atoms with Gasteiger partial charge in [0, 0.05) is 32.4 Å². The van der Waals surface area contributed by atoms with Gasteiger partial charge in [0.05, 0.1) is 5.69 Å². The molecule has 0 aromatic carbocycles. The highest BCUT2D eigenvalue weighted by atomic mass is 16.1. The minimum absolute atomic E-state index is 0.130. The molecule has 96 valence electrons. The summed E-state index contributed by atoms with van der Waals surface area (Å²) in [5, 5.41) is 8.38. The fourth-order valence-corrected chi connectivity index (χ4v) is 1.98. The minimum atomic E-state index is 0.130. The van der Waals surface area contributed by atoms with Crippen LogP contribution in [0, 0.1) is 0 Å². The van der Waals surface area contributed by atoms with E-state index in [4.69, 9.17) is 0 Å². The molecule has 0 aliphatic carbocycles. The lowest BCUT2D eigenvalue weighted by atomic mass is 10.1. The van der Waals surface area contributed by atoms with E-state index in [1.54, 1.807) is 15.6 Å². The molecular formula is C13H18N4O. The van der Waals surface area contributed by atoms with Gasteiger partial charge in [0.25, 0.3) is 0 Å². The number of aryl methyl sites for hydroxylation is 4. The molecule has 0 radical (unpaired) electrons. The molecule has 18 heavy (non-hydrogen) atoms. The average molecular weight is 246 g/mol. The van der Waals surface area contributed by atoms with Crippen LogP contribution in [0.1, 0.15) is 35.2 Å². The summed E-state index contributed by atoms with van der Waals surface area (Å²) in [5.74, 6) is 0.130. The molecule has 0 aliphatic rings. The first kappa shape index (κ1) is 12.5. The van der Waals surface area contributed by atoms with Crippen molar-refractivity contribution in [1.29, 1.82) is 0 Å². The third-order valence-corrected chi connectivity index (χ3v) is 3.11. The average Bonchev–Trinajstić information content (AvgIpc) is 2.92.